The Bertz CT molecular complexity index is 1790. The van der Waals surface area contributed by atoms with Crippen LogP contribution in [-0.2, 0) is 14.3 Å². The molecule has 0 fully saturated rings. The van der Waals surface area contributed by atoms with Gasteiger partial charge in [-0.2, -0.15) is 0 Å². The van der Waals surface area contributed by atoms with E-state index in [0.717, 1.165) is 28.8 Å². The first-order valence-electron chi connectivity index (χ1n) is 18.9. The lowest BCUT2D eigenvalue weighted by molar-refractivity contribution is -0.130. The minimum absolute atomic E-state index is 0.184. The second kappa shape index (κ2) is 20.4. The fourth-order valence-electron chi connectivity index (χ4n) is 5.83. The Labute approximate surface area is 332 Å². The fourth-order valence-corrected chi connectivity index (χ4v) is 5.83. The smallest absolute Gasteiger partial charge is 0.408 e. The van der Waals surface area contributed by atoms with E-state index in [-0.39, 0.29) is 18.8 Å². The van der Waals surface area contributed by atoms with Crippen LogP contribution in [0.25, 0.3) is 22.4 Å². The van der Waals surface area contributed by atoms with Gasteiger partial charge in [0.25, 0.3) is 0 Å². The molecular weight excluding hydrogens is 740 g/mol. The molecule has 2 heterocycles. The summed E-state index contributed by atoms with van der Waals surface area (Å²) in [4.78, 5) is 43.5. The summed E-state index contributed by atoms with van der Waals surface area (Å²) in [7, 11) is 0. The molecule has 1 aliphatic rings. The lowest BCUT2D eigenvalue weighted by Crippen LogP contribution is -2.53. The Morgan fingerprint density at radius 3 is 2.30 bits per heavy atom. The number of benzene rings is 2. The molecule has 0 unspecified atom stereocenters. The third-order valence-corrected chi connectivity index (χ3v) is 9.07. The van der Waals surface area contributed by atoms with Crippen molar-refractivity contribution in [2.75, 3.05) is 33.1 Å². The topological polar surface area (TPSA) is 241 Å². The summed E-state index contributed by atoms with van der Waals surface area (Å²) in [6.45, 7) is 8.46. The second-order valence-electron chi connectivity index (χ2n) is 15.7. The molecule has 0 saturated carbocycles. The number of pyridine rings is 1. The summed E-state index contributed by atoms with van der Waals surface area (Å²) in [5.41, 5.74) is 2.32. The van der Waals surface area contributed by atoms with E-state index in [1.165, 1.54) is 0 Å². The first-order chi connectivity index (χ1) is 26.9. The van der Waals surface area contributed by atoms with Crippen LogP contribution in [0.5, 0.6) is 17.4 Å². The highest BCUT2D eigenvalue weighted by atomic mass is 16.7. The molecule has 57 heavy (non-hydrogen) atoms. The zero-order chi connectivity index (χ0) is 41.8. The average molecular weight is 798 g/mol. The predicted molar refractivity (Wildman–Crippen MR) is 211 cm³/mol. The molecule has 2 aromatic carbocycles. The third kappa shape index (κ3) is 14.2. The van der Waals surface area contributed by atoms with Gasteiger partial charge in [-0.15, -0.1) is 0 Å². The van der Waals surface area contributed by atoms with Crippen molar-refractivity contribution in [3.63, 3.8) is 0 Å². The largest absolute Gasteiger partial charge is 0.478 e. The normalized spacial score (nSPS) is 15.1. The van der Waals surface area contributed by atoms with Crippen LogP contribution >= 0.6 is 0 Å². The Morgan fingerprint density at radius 2 is 1.60 bits per heavy atom. The summed E-state index contributed by atoms with van der Waals surface area (Å²) < 4.78 is 22.5. The molecule has 312 valence electrons. The van der Waals surface area contributed by atoms with Gasteiger partial charge >= 0.3 is 6.09 Å². The van der Waals surface area contributed by atoms with Crippen molar-refractivity contribution in [2.24, 2.45) is 5.41 Å². The van der Waals surface area contributed by atoms with Crippen molar-refractivity contribution < 1.29 is 58.9 Å². The lowest BCUT2D eigenvalue weighted by atomic mass is 9.87. The van der Waals surface area contributed by atoms with Crippen LogP contribution in [-0.4, -0.2) is 118 Å². The van der Waals surface area contributed by atoms with E-state index in [9.17, 15) is 29.7 Å². The van der Waals surface area contributed by atoms with Gasteiger partial charge in [0, 0.05) is 24.7 Å². The first-order valence-corrected chi connectivity index (χ1v) is 18.9. The molecule has 0 spiro atoms. The molecule has 1 aromatic heterocycles. The number of aliphatic hydroxyl groups is 4. The Hall–Kier alpha value is -5.00. The van der Waals surface area contributed by atoms with E-state index >= 15 is 0 Å². The minimum Gasteiger partial charge on any atom is -0.478 e. The van der Waals surface area contributed by atoms with E-state index in [4.69, 9.17) is 34.1 Å². The Kier molecular flexibility index (Phi) is 16.0. The van der Waals surface area contributed by atoms with E-state index in [1.807, 2.05) is 74.5 Å². The maximum absolute atomic E-state index is 13.4. The van der Waals surface area contributed by atoms with Crippen molar-refractivity contribution in [3.8, 4) is 39.8 Å². The number of nitrogens with zero attached hydrogens (tertiary/aromatic N) is 1. The average Bonchev–Trinajstić information content (AvgIpc) is 3.65. The molecule has 4 rings (SSSR count). The number of rotatable bonds is 20. The molecule has 16 heteroatoms. The number of aromatic nitrogens is 1. The number of nitrogens with one attached hydrogen (secondary N) is 3. The predicted octanol–water partition coefficient (Wildman–Crippen LogP) is 2.40. The molecule has 3 amide bonds. The quantitative estimate of drug-likeness (QED) is 0.0645. The molecule has 0 aliphatic carbocycles. The molecule has 16 nitrogen and oxygen atoms in total. The van der Waals surface area contributed by atoms with Gasteiger partial charge in [0.05, 0.1) is 18.7 Å². The number of hydrogen-bond donors (Lipinski definition) is 7. The van der Waals surface area contributed by atoms with Crippen molar-refractivity contribution in [3.05, 3.63) is 60.7 Å². The van der Waals surface area contributed by atoms with Gasteiger partial charge in [0.2, 0.25) is 30.6 Å². The number of unbranched alkanes of at least 4 members (excludes halogenated alkanes) is 1. The molecule has 5 atom stereocenters. The number of amides is 3. The maximum Gasteiger partial charge on any atom is 0.408 e. The van der Waals surface area contributed by atoms with Crippen molar-refractivity contribution in [2.45, 2.75) is 96.4 Å². The second-order valence-corrected chi connectivity index (χ2v) is 15.7. The maximum atomic E-state index is 13.4. The molecule has 0 bridgehead atoms. The van der Waals surface area contributed by atoms with Crippen molar-refractivity contribution in [1.29, 1.82) is 0 Å². The highest BCUT2D eigenvalue weighted by Gasteiger charge is 2.34. The van der Waals surface area contributed by atoms with Crippen molar-refractivity contribution >= 4 is 17.9 Å². The first kappa shape index (κ1) is 44.7. The molecule has 0 saturated heterocycles. The molecule has 1 aliphatic heterocycles. The van der Waals surface area contributed by atoms with Crippen LogP contribution in [0.2, 0.25) is 0 Å². The number of carbonyl (C=O) groups is 3. The summed E-state index contributed by atoms with van der Waals surface area (Å²) in [5.74, 6) is 0.477. The number of ether oxygens (including phenoxy) is 4. The van der Waals surface area contributed by atoms with Crippen molar-refractivity contribution in [1.82, 2.24) is 20.9 Å². The lowest BCUT2D eigenvalue weighted by Gasteiger charge is -2.27. The third-order valence-electron chi connectivity index (χ3n) is 9.07. The molecule has 3 aromatic rings. The van der Waals surface area contributed by atoms with E-state index in [0.29, 0.717) is 36.8 Å². The highest BCUT2D eigenvalue weighted by Crippen LogP contribution is 2.37. The fraction of sp³-hybridized carbons (Fsp3) is 0.512. The standard InChI is InChI=1S/C41H56N4O12/c1-40(2,3)57-39(53)45-29(20-34(49)42-21-30(47)36(50)37(51)31(48)22-46)38(52)43-23-41(4,5)15-9-10-16-54-35-19-27(17-28(44-35)25-11-7-6-8-12-25)26-13-14-32-33(18-26)56-24-55-32/h6-8,11-14,17-19,29-31,36-37,46-48,50-51H,9-10,15-16,20-24H2,1-5H3,(H,42,49)(H,43,52)(H,45,53)/p+1/t29-,30-,31+,36+,37+/m0/s1. The highest BCUT2D eigenvalue weighted by molar-refractivity contribution is 5.91. The van der Waals surface area contributed by atoms with Crippen LogP contribution in [0.1, 0.15) is 60.3 Å². The van der Waals surface area contributed by atoms with E-state index < -0.39 is 73.5 Å². The number of aliphatic hydroxyl groups excluding tert-OH is 4. The van der Waals surface area contributed by atoms with Gasteiger partial charge in [-0.05, 0) is 74.8 Å². The summed E-state index contributed by atoms with van der Waals surface area (Å²) in [6.07, 6.45) is -5.98. The van der Waals surface area contributed by atoms with Gasteiger partial charge in [0.1, 0.15) is 30.5 Å². The Balaban J connectivity index is 1.30. The Morgan fingerprint density at radius 1 is 0.877 bits per heavy atom. The van der Waals surface area contributed by atoms with Crippen LogP contribution in [0, 0.1) is 5.41 Å². The summed E-state index contributed by atoms with van der Waals surface area (Å²) in [5, 5.41) is 54.3. The van der Waals surface area contributed by atoms with E-state index in [2.05, 4.69) is 16.0 Å². The van der Waals surface area contributed by atoms with Crippen LogP contribution in [0.3, 0.4) is 0 Å². The summed E-state index contributed by atoms with van der Waals surface area (Å²) in [6, 6.07) is 18.2. The van der Waals surface area contributed by atoms with Crippen LogP contribution in [0.4, 0.5) is 4.79 Å². The molecule has 9 N–H and O–H groups in total. The zero-order valence-electron chi connectivity index (χ0n) is 33.1. The summed E-state index contributed by atoms with van der Waals surface area (Å²) >= 11 is 0. The van der Waals surface area contributed by atoms with Crippen LogP contribution < -0.4 is 30.2 Å². The minimum atomic E-state index is -1.82. The van der Waals surface area contributed by atoms with Gasteiger partial charge < -0.3 is 60.4 Å². The number of hydrogen-bond acceptors (Lipinski definition) is 12. The zero-order valence-corrected chi connectivity index (χ0v) is 33.1. The van der Waals surface area contributed by atoms with Gasteiger partial charge in [-0.25, -0.2) is 9.78 Å². The number of fused-ring (bicyclic) bond motifs is 1. The molecule has 0 radical (unpaired) electrons. The van der Waals surface area contributed by atoms with Gasteiger partial charge in [0.15, 0.2) is 17.6 Å². The molecular formula is C41H57N4O12+. The van der Waals surface area contributed by atoms with Gasteiger partial charge in [-0.3, -0.25) is 9.59 Å². The SMILES string of the molecule is CC(C)(CCCCOc1cc(-c2ccc3c(c2)OCO3)cc(-c2ccccc2)n1)CNC(=O)[C@H](CC(=O)NC[C@H](O)[C@@H](O)[C@H](O)[C@H]([OH2+])CO)NC(=O)OC(C)(C)C. The monoisotopic (exact) mass is 797 g/mol. The van der Waals surface area contributed by atoms with E-state index in [1.54, 1.807) is 20.8 Å². The van der Waals surface area contributed by atoms with Crippen LogP contribution in [0.15, 0.2) is 60.7 Å². The number of carbonyl (C=O) groups excluding carboxylic acids is 3. The number of alkyl carbamates (subject to hydrolysis) is 1. The van der Waals surface area contributed by atoms with Gasteiger partial charge in [-0.1, -0.05) is 50.2 Å².